The van der Waals surface area contributed by atoms with Crippen molar-refractivity contribution >= 4 is 21.4 Å². The van der Waals surface area contributed by atoms with Crippen molar-refractivity contribution in [1.82, 2.24) is 4.72 Å². The summed E-state index contributed by atoms with van der Waals surface area (Å²) in [5.41, 5.74) is 4.68. The predicted octanol–water partition coefficient (Wildman–Crippen LogP) is 4.15. The van der Waals surface area contributed by atoms with Crippen molar-refractivity contribution in [3.8, 4) is 10.4 Å². The second-order valence-electron chi connectivity index (χ2n) is 6.01. The van der Waals surface area contributed by atoms with Crippen molar-refractivity contribution in [1.29, 1.82) is 0 Å². The molecule has 0 aliphatic heterocycles. The Morgan fingerprint density at radius 2 is 1.75 bits per heavy atom. The first kappa shape index (κ1) is 15.6. The van der Waals surface area contributed by atoms with E-state index >= 15 is 0 Å². The summed E-state index contributed by atoms with van der Waals surface area (Å²) in [5.74, 6) is 0.0719. The summed E-state index contributed by atoms with van der Waals surface area (Å²) in [7, 11) is -3.50. The van der Waals surface area contributed by atoms with E-state index in [0.717, 1.165) is 5.56 Å². The molecule has 0 amide bonds. The summed E-state index contributed by atoms with van der Waals surface area (Å²) < 4.78 is 27.9. The highest BCUT2D eigenvalue weighted by atomic mass is 32.2. The van der Waals surface area contributed by atoms with Gasteiger partial charge in [0.15, 0.2) is 0 Å². The molecule has 1 N–H and O–H groups in total. The smallest absolute Gasteiger partial charge is 0.210 e. The number of aryl methyl sites for hydroxylation is 1. The number of fused-ring (bicyclic) bond motifs is 3. The summed E-state index contributed by atoms with van der Waals surface area (Å²) in [6.45, 7) is 2.31. The molecule has 24 heavy (non-hydrogen) atoms. The van der Waals surface area contributed by atoms with Crippen LogP contribution >= 0.6 is 11.3 Å². The largest absolute Gasteiger partial charge is 0.240 e. The summed E-state index contributed by atoms with van der Waals surface area (Å²) in [6.07, 6.45) is 0. The molecule has 1 aliphatic carbocycles. The highest BCUT2D eigenvalue weighted by molar-refractivity contribution is 7.89. The second kappa shape index (κ2) is 5.84. The summed E-state index contributed by atoms with van der Waals surface area (Å²) >= 11 is 1.71. The Hall–Kier alpha value is -1.95. The predicted molar refractivity (Wildman–Crippen MR) is 98.0 cm³/mol. The van der Waals surface area contributed by atoms with Crippen molar-refractivity contribution < 1.29 is 8.42 Å². The third kappa shape index (κ3) is 2.59. The zero-order valence-corrected chi connectivity index (χ0v) is 14.8. The summed E-state index contributed by atoms with van der Waals surface area (Å²) in [6, 6.07) is 17.3. The van der Waals surface area contributed by atoms with Crippen molar-refractivity contribution in [2.45, 2.75) is 17.7 Å². The Morgan fingerprint density at radius 1 is 1.00 bits per heavy atom. The van der Waals surface area contributed by atoms with E-state index in [4.69, 9.17) is 0 Å². The van der Waals surface area contributed by atoms with Gasteiger partial charge in [0, 0.05) is 17.3 Å². The Kier molecular flexibility index (Phi) is 3.79. The zero-order valence-electron chi connectivity index (χ0n) is 13.2. The van der Waals surface area contributed by atoms with Crippen molar-refractivity contribution in [3.05, 3.63) is 76.7 Å². The molecule has 0 bridgehead atoms. The molecule has 2 aromatic carbocycles. The topological polar surface area (TPSA) is 46.2 Å². The van der Waals surface area contributed by atoms with E-state index in [-0.39, 0.29) is 5.92 Å². The van der Waals surface area contributed by atoms with Crippen molar-refractivity contribution in [2.75, 3.05) is 6.54 Å². The molecule has 0 fully saturated rings. The van der Waals surface area contributed by atoms with Gasteiger partial charge >= 0.3 is 0 Å². The fraction of sp³-hybridized carbons (Fsp3) is 0.158. The quantitative estimate of drug-likeness (QED) is 0.764. The molecule has 3 nitrogen and oxygen atoms in total. The van der Waals surface area contributed by atoms with Gasteiger partial charge in [-0.3, -0.25) is 0 Å². The molecule has 1 aromatic heterocycles. The van der Waals surface area contributed by atoms with Crippen LogP contribution in [0.5, 0.6) is 0 Å². The lowest BCUT2D eigenvalue weighted by Gasteiger charge is -2.14. The molecule has 122 valence electrons. The number of sulfonamides is 1. The van der Waals surface area contributed by atoms with Gasteiger partial charge in [-0.1, -0.05) is 42.0 Å². The molecule has 0 spiro atoms. The standard InChI is InChI=1S/C19H17NO2S2/c1-13-6-8-14(9-7-13)24(21,22)20-12-18-15-4-2-3-5-16(15)19-17(18)10-11-23-19/h2-11,18,20H,12H2,1H3. The Bertz CT molecular complexity index is 988. The molecule has 0 radical (unpaired) electrons. The molecule has 1 unspecified atom stereocenters. The molecule has 5 heteroatoms. The Balaban J connectivity index is 1.62. The van der Waals surface area contributed by atoms with Crippen LogP contribution in [-0.2, 0) is 10.0 Å². The number of rotatable bonds is 4. The van der Waals surface area contributed by atoms with Crippen LogP contribution in [0, 0.1) is 6.92 Å². The van der Waals surface area contributed by atoms with E-state index in [2.05, 4.69) is 28.3 Å². The van der Waals surface area contributed by atoms with E-state index in [1.807, 2.05) is 31.2 Å². The Morgan fingerprint density at radius 3 is 2.54 bits per heavy atom. The first-order valence-corrected chi connectivity index (χ1v) is 10.2. The van der Waals surface area contributed by atoms with Gasteiger partial charge in [0.1, 0.15) is 0 Å². The van der Waals surface area contributed by atoms with Crippen LogP contribution in [-0.4, -0.2) is 15.0 Å². The normalized spacial score (nSPS) is 16.0. The highest BCUT2D eigenvalue weighted by Gasteiger charge is 2.30. The van der Waals surface area contributed by atoms with Crippen LogP contribution in [0.15, 0.2) is 64.9 Å². The van der Waals surface area contributed by atoms with Crippen LogP contribution in [0.3, 0.4) is 0 Å². The van der Waals surface area contributed by atoms with Gasteiger partial charge in [0.05, 0.1) is 4.90 Å². The van der Waals surface area contributed by atoms with E-state index < -0.39 is 10.0 Å². The van der Waals surface area contributed by atoms with Crippen molar-refractivity contribution in [2.24, 2.45) is 0 Å². The highest BCUT2D eigenvalue weighted by Crippen LogP contribution is 2.47. The first-order valence-electron chi connectivity index (χ1n) is 7.79. The minimum absolute atomic E-state index is 0.0719. The van der Waals surface area contributed by atoms with Gasteiger partial charge in [0.2, 0.25) is 10.0 Å². The molecule has 1 aliphatic rings. The Labute approximate surface area is 146 Å². The number of hydrogen-bond donors (Lipinski definition) is 1. The maximum absolute atomic E-state index is 12.6. The van der Waals surface area contributed by atoms with Gasteiger partial charge in [0.25, 0.3) is 0 Å². The molecule has 0 saturated heterocycles. The van der Waals surface area contributed by atoms with Crippen LogP contribution in [0.1, 0.15) is 22.6 Å². The minimum atomic E-state index is -3.50. The minimum Gasteiger partial charge on any atom is -0.210 e. The van der Waals surface area contributed by atoms with Gasteiger partial charge in [-0.05, 0) is 47.2 Å². The van der Waals surface area contributed by atoms with Gasteiger partial charge in [-0.2, -0.15) is 0 Å². The van der Waals surface area contributed by atoms with Crippen molar-refractivity contribution in [3.63, 3.8) is 0 Å². The summed E-state index contributed by atoms with van der Waals surface area (Å²) in [4.78, 5) is 1.56. The molecule has 4 rings (SSSR count). The van der Waals surface area contributed by atoms with Crippen LogP contribution in [0.2, 0.25) is 0 Å². The summed E-state index contributed by atoms with van der Waals surface area (Å²) in [5, 5.41) is 2.07. The average Bonchev–Trinajstić information content (AvgIpc) is 3.15. The maximum atomic E-state index is 12.6. The monoisotopic (exact) mass is 355 g/mol. The van der Waals surface area contributed by atoms with E-state index in [1.165, 1.54) is 21.6 Å². The van der Waals surface area contributed by atoms with Gasteiger partial charge in [-0.25, -0.2) is 13.1 Å². The number of hydrogen-bond acceptors (Lipinski definition) is 3. The van der Waals surface area contributed by atoms with E-state index in [1.54, 1.807) is 23.5 Å². The van der Waals surface area contributed by atoms with E-state index in [9.17, 15) is 8.42 Å². The lowest BCUT2D eigenvalue weighted by molar-refractivity contribution is 0.578. The van der Waals surface area contributed by atoms with Crippen LogP contribution in [0.4, 0.5) is 0 Å². The maximum Gasteiger partial charge on any atom is 0.240 e. The molecule has 1 heterocycles. The van der Waals surface area contributed by atoms with Gasteiger partial charge < -0.3 is 0 Å². The molecular formula is C19H17NO2S2. The number of nitrogens with one attached hydrogen (secondary N) is 1. The third-order valence-corrected chi connectivity index (χ3v) is 6.86. The van der Waals surface area contributed by atoms with Crippen LogP contribution in [0.25, 0.3) is 10.4 Å². The average molecular weight is 355 g/mol. The SMILES string of the molecule is Cc1ccc(S(=O)(=O)NCC2c3ccccc3-c3sccc32)cc1. The van der Waals surface area contributed by atoms with E-state index in [0.29, 0.717) is 11.4 Å². The third-order valence-electron chi connectivity index (χ3n) is 4.46. The van der Waals surface area contributed by atoms with Gasteiger partial charge in [-0.15, -0.1) is 11.3 Å². The number of benzene rings is 2. The lowest BCUT2D eigenvalue weighted by Crippen LogP contribution is -2.28. The molecule has 3 aromatic rings. The second-order valence-corrected chi connectivity index (χ2v) is 8.69. The molecule has 0 saturated carbocycles. The number of thiophene rings is 1. The lowest BCUT2D eigenvalue weighted by atomic mass is 9.98. The molecular weight excluding hydrogens is 338 g/mol. The fourth-order valence-corrected chi connectivity index (χ4v) is 5.26. The van der Waals surface area contributed by atoms with Crippen LogP contribution < -0.4 is 4.72 Å². The first-order chi connectivity index (χ1) is 11.6. The zero-order chi connectivity index (χ0) is 16.7. The molecule has 1 atom stereocenters. The fourth-order valence-electron chi connectivity index (χ4n) is 3.20.